The average molecular weight is 239 g/mol. The minimum Gasteiger partial charge on any atom is -0.506 e. The van der Waals surface area contributed by atoms with Crippen molar-refractivity contribution in [3.05, 3.63) is 59.7 Å². The number of hydrogen-bond acceptors (Lipinski definition) is 2. The molecule has 92 valence electrons. The standard InChI is InChI=1S/C16H17NO/c1-12(2)14-9-7-13(8-10-14)11-17-15-5-3-4-6-16(15)18/h3-12,18H,1-2H3/b17-11+. The molecule has 0 spiro atoms. The molecule has 1 N–H and O–H groups in total. The molecule has 0 aliphatic rings. The molecule has 2 heteroatoms. The fourth-order valence-electron chi connectivity index (χ4n) is 1.68. The number of hydrogen-bond donors (Lipinski definition) is 1. The van der Waals surface area contributed by atoms with Gasteiger partial charge >= 0.3 is 0 Å². The first-order valence-corrected chi connectivity index (χ1v) is 6.09. The fraction of sp³-hybridized carbons (Fsp3) is 0.188. The van der Waals surface area contributed by atoms with Crippen LogP contribution in [-0.2, 0) is 0 Å². The third-order valence-corrected chi connectivity index (χ3v) is 2.84. The number of aromatic hydroxyl groups is 1. The smallest absolute Gasteiger partial charge is 0.141 e. The molecule has 2 rings (SSSR count). The summed E-state index contributed by atoms with van der Waals surface area (Å²) in [4.78, 5) is 4.28. The predicted molar refractivity (Wildman–Crippen MR) is 75.9 cm³/mol. The molecule has 0 fully saturated rings. The van der Waals surface area contributed by atoms with Crippen LogP contribution in [0.15, 0.2) is 53.5 Å². The van der Waals surface area contributed by atoms with Crippen molar-refractivity contribution in [1.82, 2.24) is 0 Å². The minimum atomic E-state index is 0.201. The summed E-state index contributed by atoms with van der Waals surface area (Å²) in [7, 11) is 0. The Bertz CT molecular complexity index is 541. The molecule has 2 nitrogen and oxygen atoms in total. The van der Waals surface area contributed by atoms with E-state index in [1.54, 1.807) is 24.4 Å². The van der Waals surface area contributed by atoms with E-state index in [0.29, 0.717) is 11.6 Å². The largest absolute Gasteiger partial charge is 0.506 e. The zero-order chi connectivity index (χ0) is 13.0. The van der Waals surface area contributed by atoms with E-state index in [-0.39, 0.29) is 5.75 Å². The Hall–Kier alpha value is -2.09. The minimum absolute atomic E-state index is 0.201. The fourth-order valence-corrected chi connectivity index (χ4v) is 1.68. The Morgan fingerprint density at radius 3 is 2.28 bits per heavy atom. The lowest BCUT2D eigenvalue weighted by Gasteiger charge is -2.04. The average Bonchev–Trinajstić information content (AvgIpc) is 2.38. The maximum Gasteiger partial charge on any atom is 0.141 e. The van der Waals surface area contributed by atoms with Crippen molar-refractivity contribution in [2.24, 2.45) is 4.99 Å². The van der Waals surface area contributed by atoms with Crippen LogP contribution in [0.25, 0.3) is 0 Å². The molecule has 0 unspecified atom stereocenters. The van der Waals surface area contributed by atoms with Gasteiger partial charge in [-0.25, -0.2) is 0 Å². The van der Waals surface area contributed by atoms with E-state index in [0.717, 1.165) is 5.56 Å². The summed E-state index contributed by atoms with van der Waals surface area (Å²) >= 11 is 0. The predicted octanol–water partition coefficient (Wildman–Crippen LogP) is 4.27. The van der Waals surface area contributed by atoms with E-state index in [2.05, 4.69) is 31.0 Å². The first kappa shape index (κ1) is 12.4. The molecule has 0 aliphatic carbocycles. The van der Waals surface area contributed by atoms with Gasteiger partial charge in [-0.2, -0.15) is 0 Å². The molecular weight excluding hydrogens is 222 g/mol. The van der Waals surface area contributed by atoms with Crippen LogP contribution in [0.2, 0.25) is 0 Å². The van der Waals surface area contributed by atoms with E-state index in [9.17, 15) is 5.11 Å². The second kappa shape index (κ2) is 5.50. The van der Waals surface area contributed by atoms with Gasteiger partial charge in [0.25, 0.3) is 0 Å². The summed E-state index contributed by atoms with van der Waals surface area (Å²) in [6.07, 6.45) is 1.76. The maximum atomic E-state index is 9.59. The summed E-state index contributed by atoms with van der Waals surface area (Å²) < 4.78 is 0. The topological polar surface area (TPSA) is 32.6 Å². The van der Waals surface area contributed by atoms with Crippen molar-refractivity contribution in [3.8, 4) is 5.75 Å². The van der Waals surface area contributed by atoms with Crippen LogP contribution in [0.3, 0.4) is 0 Å². The van der Waals surface area contributed by atoms with E-state index < -0.39 is 0 Å². The summed E-state index contributed by atoms with van der Waals surface area (Å²) in [5.41, 5.74) is 2.93. The summed E-state index contributed by atoms with van der Waals surface area (Å²) in [5, 5.41) is 9.59. The number of nitrogens with zero attached hydrogens (tertiary/aromatic N) is 1. The van der Waals surface area contributed by atoms with Crippen molar-refractivity contribution in [2.75, 3.05) is 0 Å². The Kier molecular flexibility index (Phi) is 3.78. The highest BCUT2D eigenvalue weighted by molar-refractivity contribution is 5.82. The van der Waals surface area contributed by atoms with Gasteiger partial charge in [0.15, 0.2) is 0 Å². The molecule has 0 aliphatic heterocycles. The van der Waals surface area contributed by atoms with Crippen molar-refractivity contribution in [2.45, 2.75) is 19.8 Å². The van der Waals surface area contributed by atoms with Crippen molar-refractivity contribution in [1.29, 1.82) is 0 Å². The van der Waals surface area contributed by atoms with Crippen molar-refractivity contribution < 1.29 is 5.11 Å². The first-order valence-electron chi connectivity index (χ1n) is 6.09. The molecule has 2 aromatic carbocycles. The van der Waals surface area contributed by atoms with Crippen LogP contribution in [0.1, 0.15) is 30.9 Å². The lowest BCUT2D eigenvalue weighted by Crippen LogP contribution is -1.87. The van der Waals surface area contributed by atoms with Crippen LogP contribution in [0.5, 0.6) is 5.75 Å². The molecule has 0 radical (unpaired) electrons. The van der Waals surface area contributed by atoms with E-state index in [4.69, 9.17) is 0 Å². The van der Waals surface area contributed by atoms with Gasteiger partial charge in [0, 0.05) is 6.21 Å². The van der Waals surface area contributed by atoms with Crippen LogP contribution >= 0.6 is 0 Å². The Morgan fingerprint density at radius 2 is 1.67 bits per heavy atom. The lowest BCUT2D eigenvalue weighted by atomic mass is 10.0. The van der Waals surface area contributed by atoms with Gasteiger partial charge < -0.3 is 5.11 Å². The number of benzene rings is 2. The van der Waals surface area contributed by atoms with Crippen LogP contribution < -0.4 is 0 Å². The van der Waals surface area contributed by atoms with Gasteiger partial charge in [0.2, 0.25) is 0 Å². The third-order valence-electron chi connectivity index (χ3n) is 2.84. The Morgan fingerprint density at radius 1 is 1.00 bits per heavy atom. The molecule has 0 bridgehead atoms. The van der Waals surface area contributed by atoms with E-state index in [1.807, 2.05) is 18.2 Å². The number of para-hydroxylation sites is 2. The van der Waals surface area contributed by atoms with Gasteiger partial charge in [0.05, 0.1) is 0 Å². The van der Waals surface area contributed by atoms with E-state index >= 15 is 0 Å². The van der Waals surface area contributed by atoms with Crippen molar-refractivity contribution >= 4 is 11.9 Å². The van der Waals surface area contributed by atoms with E-state index in [1.165, 1.54) is 5.56 Å². The molecule has 0 saturated heterocycles. The zero-order valence-electron chi connectivity index (χ0n) is 10.7. The number of phenols is 1. The Balaban J connectivity index is 2.17. The summed E-state index contributed by atoms with van der Waals surface area (Å²) in [6.45, 7) is 4.34. The number of aliphatic imine (C=N–C) groups is 1. The number of phenolic OH excluding ortho intramolecular Hbond substituents is 1. The second-order valence-electron chi connectivity index (χ2n) is 4.57. The van der Waals surface area contributed by atoms with Gasteiger partial charge in [0.1, 0.15) is 11.4 Å². The highest BCUT2D eigenvalue weighted by Crippen LogP contribution is 2.24. The molecule has 2 aromatic rings. The SMILES string of the molecule is CC(C)c1ccc(/C=N/c2ccccc2O)cc1. The normalized spacial score (nSPS) is 11.3. The van der Waals surface area contributed by atoms with Crippen LogP contribution in [0.4, 0.5) is 5.69 Å². The highest BCUT2D eigenvalue weighted by Gasteiger charge is 1.98. The van der Waals surface area contributed by atoms with Gasteiger partial charge in [-0.1, -0.05) is 50.2 Å². The lowest BCUT2D eigenvalue weighted by molar-refractivity contribution is 0.477. The van der Waals surface area contributed by atoms with Crippen LogP contribution in [-0.4, -0.2) is 11.3 Å². The van der Waals surface area contributed by atoms with Gasteiger partial charge in [-0.05, 0) is 29.2 Å². The zero-order valence-corrected chi connectivity index (χ0v) is 10.7. The second-order valence-corrected chi connectivity index (χ2v) is 4.57. The maximum absolute atomic E-state index is 9.59. The highest BCUT2D eigenvalue weighted by atomic mass is 16.3. The molecule has 0 aromatic heterocycles. The molecule has 0 atom stereocenters. The Labute approximate surface area is 108 Å². The quantitative estimate of drug-likeness (QED) is 0.797. The van der Waals surface area contributed by atoms with Gasteiger partial charge in [-0.15, -0.1) is 0 Å². The van der Waals surface area contributed by atoms with Crippen LogP contribution in [0, 0.1) is 0 Å². The summed E-state index contributed by atoms with van der Waals surface area (Å²) in [5.74, 6) is 0.738. The first-order chi connectivity index (χ1) is 8.66. The molecule has 0 amide bonds. The van der Waals surface area contributed by atoms with Crippen molar-refractivity contribution in [3.63, 3.8) is 0 Å². The summed E-state index contributed by atoms with van der Waals surface area (Å²) in [6, 6.07) is 15.4. The molecule has 0 heterocycles. The molecule has 18 heavy (non-hydrogen) atoms. The molecular formula is C16H17NO. The van der Waals surface area contributed by atoms with Gasteiger partial charge in [-0.3, -0.25) is 4.99 Å². The molecule has 0 saturated carbocycles. The third kappa shape index (κ3) is 2.98. The number of rotatable bonds is 3. The monoisotopic (exact) mass is 239 g/mol.